The molecule has 0 unspecified atom stereocenters. The summed E-state index contributed by atoms with van der Waals surface area (Å²) in [4.78, 5) is 15.7. The number of rotatable bonds is 4. The van der Waals surface area contributed by atoms with E-state index in [9.17, 15) is 4.79 Å². The third kappa shape index (κ3) is 3.21. The Labute approximate surface area is 89.5 Å². The van der Waals surface area contributed by atoms with E-state index in [1.165, 1.54) is 0 Å². The molecular weight excluding hydrogens is 192 g/mol. The molecule has 15 heavy (non-hydrogen) atoms. The van der Waals surface area contributed by atoms with Gasteiger partial charge in [0.25, 0.3) is 5.91 Å². The van der Waals surface area contributed by atoms with E-state index in [1.54, 1.807) is 37.6 Å². The lowest BCUT2D eigenvalue weighted by Crippen LogP contribution is -2.36. The van der Waals surface area contributed by atoms with E-state index in [4.69, 9.17) is 0 Å². The van der Waals surface area contributed by atoms with Gasteiger partial charge in [-0.25, -0.2) is 5.01 Å². The zero-order valence-corrected chi connectivity index (χ0v) is 9.24. The summed E-state index contributed by atoms with van der Waals surface area (Å²) in [5.41, 5.74) is 4.02. The Bertz CT molecular complexity index is 338. The minimum Gasteiger partial charge on any atom is -0.385 e. The highest BCUT2D eigenvalue weighted by atomic mass is 16.2. The van der Waals surface area contributed by atoms with Crippen LogP contribution in [0, 0.1) is 0 Å². The Balaban J connectivity index is 2.87. The molecule has 0 saturated carbocycles. The van der Waals surface area contributed by atoms with Gasteiger partial charge in [0.05, 0.1) is 11.3 Å². The molecule has 0 aliphatic rings. The number of hydrazine groups is 1. The van der Waals surface area contributed by atoms with Crippen molar-refractivity contribution in [3.63, 3.8) is 0 Å². The first-order valence-electron chi connectivity index (χ1n) is 4.81. The van der Waals surface area contributed by atoms with Crippen LogP contribution in [0.5, 0.6) is 0 Å². The van der Waals surface area contributed by atoms with Crippen LogP contribution in [0.25, 0.3) is 0 Å². The van der Waals surface area contributed by atoms with Gasteiger partial charge in [-0.2, -0.15) is 0 Å². The quantitative estimate of drug-likeness (QED) is 0.716. The van der Waals surface area contributed by atoms with Crippen LogP contribution in [0.15, 0.2) is 18.5 Å². The molecule has 2 N–H and O–H groups in total. The molecule has 5 heteroatoms. The number of anilines is 1. The number of carbonyl (C=O) groups is 1. The summed E-state index contributed by atoms with van der Waals surface area (Å²) < 4.78 is 0. The summed E-state index contributed by atoms with van der Waals surface area (Å²) in [5, 5.41) is 4.71. The molecule has 5 nitrogen and oxygen atoms in total. The smallest absolute Gasteiger partial charge is 0.269 e. The zero-order chi connectivity index (χ0) is 11.3. The predicted molar refractivity (Wildman–Crippen MR) is 59.6 cm³/mol. The number of carbonyl (C=O) groups excluding carboxylic acids is 1. The summed E-state index contributed by atoms with van der Waals surface area (Å²) in [5.74, 6) is -0.163. The fourth-order valence-corrected chi connectivity index (χ4v) is 1.18. The summed E-state index contributed by atoms with van der Waals surface area (Å²) >= 11 is 0. The third-order valence-corrected chi connectivity index (χ3v) is 1.76. The zero-order valence-electron chi connectivity index (χ0n) is 9.24. The first-order valence-corrected chi connectivity index (χ1v) is 4.81. The van der Waals surface area contributed by atoms with Crippen molar-refractivity contribution in [3.8, 4) is 0 Å². The number of nitrogens with one attached hydrogen (secondary N) is 2. The second kappa shape index (κ2) is 5.31. The van der Waals surface area contributed by atoms with Crippen LogP contribution in [-0.2, 0) is 0 Å². The first kappa shape index (κ1) is 11.5. The maximum atomic E-state index is 11.7. The van der Waals surface area contributed by atoms with Gasteiger partial charge >= 0.3 is 0 Å². The van der Waals surface area contributed by atoms with E-state index in [0.717, 1.165) is 12.2 Å². The Hall–Kier alpha value is -1.62. The molecule has 0 aliphatic carbocycles. The van der Waals surface area contributed by atoms with E-state index in [-0.39, 0.29) is 5.91 Å². The highest BCUT2D eigenvalue weighted by molar-refractivity contribution is 5.98. The summed E-state index contributed by atoms with van der Waals surface area (Å²) in [6.45, 7) is 2.75. The number of hydrogen-bond acceptors (Lipinski definition) is 4. The SMILES string of the molecule is CCNc1ccncc1C(=O)NN(C)C. The molecule has 0 atom stereocenters. The van der Waals surface area contributed by atoms with Gasteiger partial charge in [0.2, 0.25) is 0 Å². The molecule has 1 rings (SSSR count). The van der Waals surface area contributed by atoms with Crippen molar-refractivity contribution in [2.75, 3.05) is 26.0 Å². The third-order valence-electron chi connectivity index (χ3n) is 1.76. The Morgan fingerprint density at radius 2 is 2.27 bits per heavy atom. The summed E-state index contributed by atoms with van der Waals surface area (Å²) in [6, 6.07) is 1.79. The van der Waals surface area contributed by atoms with Crippen molar-refractivity contribution in [2.24, 2.45) is 0 Å². The number of amides is 1. The molecule has 0 saturated heterocycles. The van der Waals surface area contributed by atoms with E-state index in [2.05, 4.69) is 15.7 Å². The van der Waals surface area contributed by atoms with Crippen molar-refractivity contribution in [2.45, 2.75) is 6.92 Å². The molecule has 1 aromatic heterocycles. The highest BCUT2D eigenvalue weighted by Crippen LogP contribution is 2.12. The lowest BCUT2D eigenvalue weighted by molar-refractivity contribution is 0.0857. The van der Waals surface area contributed by atoms with Crippen LogP contribution in [0.3, 0.4) is 0 Å². The van der Waals surface area contributed by atoms with E-state index in [0.29, 0.717) is 5.56 Å². The molecular formula is C10H16N4O. The van der Waals surface area contributed by atoms with Crippen LogP contribution in [0.2, 0.25) is 0 Å². The molecule has 0 aliphatic heterocycles. The van der Waals surface area contributed by atoms with E-state index in [1.807, 2.05) is 6.92 Å². The van der Waals surface area contributed by atoms with Gasteiger partial charge in [0.1, 0.15) is 0 Å². The molecule has 1 amide bonds. The van der Waals surface area contributed by atoms with Crippen LogP contribution >= 0.6 is 0 Å². The molecule has 1 aromatic rings. The second-order valence-corrected chi connectivity index (χ2v) is 3.29. The molecule has 0 bridgehead atoms. The van der Waals surface area contributed by atoms with Crippen molar-refractivity contribution < 1.29 is 4.79 Å². The van der Waals surface area contributed by atoms with Crippen LogP contribution < -0.4 is 10.7 Å². The maximum Gasteiger partial charge on any atom is 0.269 e. The van der Waals surface area contributed by atoms with Crippen molar-refractivity contribution in [1.29, 1.82) is 0 Å². The van der Waals surface area contributed by atoms with Crippen molar-refractivity contribution >= 4 is 11.6 Å². The lowest BCUT2D eigenvalue weighted by atomic mass is 10.2. The number of aromatic nitrogens is 1. The predicted octanol–water partition coefficient (Wildman–Crippen LogP) is 0.720. The van der Waals surface area contributed by atoms with Gasteiger partial charge in [-0.3, -0.25) is 15.2 Å². The monoisotopic (exact) mass is 208 g/mol. The maximum absolute atomic E-state index is 11.7. The van der Waals surface area contributed by atoms with Gasteiger partial charge in [-0.1, -0.05) is 0 Å². The fraction of sp³-hybridized carbons (Fsp3) is 0.400. The summed E-state index contributed by atoms with van der Waals surface area (Å²) in [7, 11) is 3.53. The first-order chi connectivity index (χ1) is 7.15. The Morgan fingerprint density at radius 1 is 1.53 bits per heavy atom. The lowest BCUT2D eigenvalue weighted by Gasteiger charge is -2.14. The topological polar surface area (TPSA) is 57.3 Å². The Kier molecular flexibility index (Phi) is 4.05. The number of pyridine rings is 1. The summed E-state index contributed by atoms with van der Waals surface area (Å²) in [6.07, 6.45) is 3.21. The van der Waals surface area contributed by atoms with Crippen molar-refractivity contribution in [3.05, 3.63) is 24.0 Å². The second-order valence-electron chi connectivity index (χ2n) is 3.29. The van der Waals surface area contributed by atoms with E-state index < -0.39 is 0 Å². The van der Waals surface area contributed by atoms with Gasteiger partial charge in [-0.05, 0) is 13.0 Å². The normalized spacial score (nSPS) is 10.1. The van der Waals surface area contributed by atoms with Crippen LogP contribution in [0.1, 0.15) is 17.3 Å². The Morgan fingerprint density at radius 3 is 2.87 bits per heavy atom. The minimum atomic E-state index is -0.163. The largest absolute Gasteiger partial charge is 0.385 e. The minimum absolute atomic E-state index is 0.163. The van der Waals surface area contributed by atoms with Gasteiger partial charge < -0.3 is 5.32 Å². The van der Waals surface area contributed by atoms with Gasteiger partial charge in [-0.15, -0.1) is 0 Å². The molecule has 0 aromatic carbocycles. The average molecular weight is 208 g/mol. The number of nitrogens with zero attached hydrogens (tertiary/aromatic N) is 2. The molecule has 1 heterocycles. The number of hydrogen-bond donors (Lipinski definition) is 2. The van der Waals surface area contributed by atoms with Gasteiger partial charge in [0.15, 0.2) is 0 Å². The highest BCUT2D eigenvalue weighted by Gasteiger charge is 2.10. The molecule has 0 radical (unpaired) electrons. The van der Waals surface area contributed by atoms with Crippen molar-refractivity contribution in [1.82, 2.24) is 15.4 Å². The van der Waals surface area contributed by atoms with Crippen LogP contribution in [-0.4, -0.2) is 36.5 Å². The van der Waals surface area contributed by atoms with Crippen LogP contribution in [0.4, 0.5) is 5.69 Å². The van der Waals surface area contributed by atoms with E-state index >= 15 is 0 Å². The molecule has 0 fully saturated rings. The molecule has 82 valence electrons. The van der Waals surface area contributed by atoms with Gasteiger partial charge in [0, 0.05) is 33.0 Å². The fourth-order valence-electron chi connectivity index (χ4n) is 1.18. The molecule has 0 spiro atoms. The standard InChI is InChI=1S/C10H16N4O/c1-4-12-9-5-6-11-7-8(9)10(15)13-14(2)3/h5-7H,4H2,1-3H3,(H,11,12)(H,13,15). The average Bonchev–Trinajstić information content (AvgIpc) is 2.18.